The van der Waals surface area contributed by atoms with Crippen molar-refractivity contribution < 1.29 is 57.2 Å². The van der Waals surface area contributed by atoms with E-state index in [1.165, 1.54) is 13.8 Å². The molecule has 49 heavy (non-hydrogen) atoms. The SMILES string of the molecule is CC(C)(SC(=O)OCOC(=O)c1ccccc1)C(=O)C[C@@H](CSC(=O)OCOC(=O)c1ccccc1)C(=O)OCCCCN1CCOCC1. The third-order valence-corrected chi connectivity index (χ3v) is 9.09. The van der Waals surface area contributed by atoms with Gasteiger partial charge in [0, 0.05) is 25.3 Å². The lowest BCUT2D eigenvalue weighted by Crippen LogP contribution is -2.37. The summed E-state index contributed by atoms with van der Waals surface area (Å²) in [5, 5.41) is -1.68. The molecule has 0 unspecified atom stereocenters. The van der Waals surface area contributed by atoms with Crippen LogP contribution < -0.4 is 0 Å². The lowest BCUT2D eigenvalue weighted by Gasteiger charge is -2.26. The average molecular weight is 720 g/mol. The van der Waals surface area contributed by atoms with Crippen molar-refractivity contribution in [2.24, 2.45) is 5.92 Å². The first-order valence-corrected chi connectivity index (χ1v) is 17.4. The molecule has 1 aliphatic heterocycles. The molecule has 0 saturated carbocycles. The molecule has 1 saturated heterocycles. The first-order valence-electron chi connectivity index (χ1n) is 15.6. The number of rotatable bonds is 18. The van der Waals surface area contributed by atoms with E-state index in [1.807, 2.05) is 0 Å². The molecule has 0 amide bonds. The number of hydrogen-bond donors (Lipinski definition) is 0. The van der Waals surface area contributed by atoms with Gasteiger partial charge in [-0.05, 0) is 81.0 Å². The maximum Gasteiger partial charge on any atom is 0.371 e. The average Bonchev–Trinajstić information content (AvgIpc) is 3.10. The molecular weight excluding hydrogens is 679 g/mol. The van der Waals surface area contributed by atoms with Crippen LogP contribution in [-0.4, -0.2) is 103 Å². The van der Waals surface area contributed by atoms with Crippen LogP contribution in [0.2, 0.25) is 0 Å². The summed E-state index contributed by atoms with van der Waals surface area (Å²) in [5.41, 5.74) is 0.571. The summed E-state index contributed by atoms with van der Waals surface area (Å²) >= 11 is 1.20. The highest BCUT2D eigenvalue weighted by Gasteiger charge is 2.36. The monoisotopic (exact) mass is 719 g/mol. The van der Waals surface area contributed by atoms with E-state index < -0.39 is 58.5 Å². The van der Waals surface area contributed by atoms with Crippen molar-refractivity contribution in [1.82, 2.24) is 4.90 Å². The van der Waals surface area contributed by atoms with Crippen molar-refractivity contribution in [2.75, 3.05) is 58.8 Å². The first-order chi connectivity index (χ1) is 23.5. The van der Waals surface area contributed by atoms with E-state index in [9.17, 15) is 28.8 Å². The standard InChI is InChI=1S/C34H41NO12S2/c1-34(2,49-33(41)47-24-45-30(38)26-13-7-4-8-14-26)28(36)21-27(31(39)43-18-10-9-15-35-16-19-42-20-17-35)22-48-32(40)46-23-44-29(37)25-11-5-3-6-12-25/h3-8,11-14,27H,9-10,15-24H2,1-2H3/t27-/m0/s1. The maximum absolute atomic E-state index is 13.3. The minimum absolute atomic E-state index is 0.130. The quantitative estimate of drug-likeness (QED) is 0.0837. The summed E-state index contributed by atoms with van der Waals surface area (Å²) in [6.07, 6.45) is 1.06. The van der Waals surface area contributed by atoms with Gasteiger partial charge in [0.05, 0.1) is 41.6 Å². The smallest absolute Gasteiger partial charge is 0.371 e. The molecule has 2 aromatic carbocycles. The molecule has 1 aliphatic rings. The Hall–Kier alpha value is -3.92. The summed E-state index contributed by atoms with van der Waals surface area (Å²) in [5.74, 6) is -3.71. The molecule has 1 atom stereocenters. The van der Waals surface area contributed by atoms with Crippen LogP contribution in [0.15, 0.2) is 60.7 Å². The number of hydrogen-bond acceptors (Lipinski definition) is 15. The predicted octanol–water partition coefficient (Wildman–Crippen LogP) is 5.36. The van der Waals surface area contributed by atoms with Gasteiger partial charge in [0.2, 0.25) is 13.6 Å². The number of esters is 3. The summed E-state index contributed by atoms with van der Waals surface area (Å²) in [6, 6.07) is 16.3. The summed E-state index contributed by atoms with van der Waals surface area (Å²) in [6.45, 7) is 5.75. The van der Waals surface area contributed by atoms with E-state index in [2.05, 4.69) is 4.90 Å². The van der Waals surface area contributed by atoms with E-state index in [0.29, 0.717) is 43.2 Å². The van der Waals surface area contributed by atoms with Gasteiger partial charge in [-0.3, -0.25) is 14.5 Å². The minimum atomic E-state index is -1.34. The fourth-order valence-corrected chi connectivity index (χ4v) is 5.76. The van der Waals surface area contributed by atoms with Gasteiger partial charge in [0.15, 0.2) is 0 Å². The second-order valence-corrected chi connectivity index (χ2v) is 13.7. The number of carbonyl (C=O) groups is 6. The van der Waals surface area contributed by atoms with Crippen LogP contribution in [-0.2, 0) is 38.0 Å². The van der Waals surface area contributed by atoms with Crippen LogP contribution in [0, 0.1) is 5.92 Å². The Morgan fingerprint density at radius 3 is 1.88 bits per heavy atom. The number of nitrogens with zero attached hydrogens (tertiary/aromatic N) is 1. The van der Waals surface area contributed by atoms with Crippen molar-refractivity contribution in [3.8, 4) is 0 Å². The van der Waals surface area contributed by atoms with Crippen LogP contribution in [0.1, 0.15) is 53.8 Å². The van der Waals surface area contributed by atoms with Crippen molar-refractivity contribution in [1.29, 1.82) is 0 Å². The van der Waals surface area contributed by atoms with Crippen molar-refractivity contribution in [3.63, 3.8) is 0 Å². The summed E-state index contributed by atoms with van der Waals surface area (Å²) in [4.78, 5) is 77.7. The van der Waals surface area contributed by atoms with E-state index >= 15 is 0 Å². The largest absolute Gasteiger partial charge is 0.465 e. The second kappa shape index (κ2) is 21.2. The van der Waals surface area contributed by atoms with Crippen LogP contribution in [0.3, 0.4) is 0 Å². The molecule has 0 aliphatic carbocycles. The Morgan fingerprint density at radius 2 is 1.31 bits per heavy atom. The molecule has 13 nitrogen and oxygen atoms in total. The Kier molecular flexibility index (Phi) is 17.1. The molecule has 1 heterocycles. The van der Waals surface area contributed by atoms with E-state index in [0.717, 1.165) is 26.1 Å². The molecule has 1 fully saturated rings. The molecule has 15 heteroatoms. The number of thioether (sulfide) groups is 2. The highest BCUT2D eigenvalue weighted by molar-refractivity contribution is 8.15. The van der Waals surface area contributed by atoms with Crippen LogP contribution >= 0.6 is 23.5 Å². The highest BCUT2D eigenvalue weighted by atomic mass is 32.2. The topological polar surface area (TPSA) is 161 Å². The Balaban J connectivity index is 1.48. The number of ketones is 1. The van der Waals surface area contributed by atoms with Gasteiger partial charge in [-0.25, -0.2) is 19.2 Å². The van der Waals surface area contributed by atoms with Gasteiger partial charge < -0.3 is 28.4 Å². The lowest BCUT2D eigenvalue weighted by molar-refractivity contribution is -0.149. The van der Waals surface area contributed by atoms with Gasteiger partial charge in [-0.1, -0.05) is 36.4 Å². The zero-order valence-corrected chi connectivity index (χ0v) is 29.1. The molecular formula is C34H41NO12S2. The molecule has 266 valence electrons. The zero-order valence-electron chi connectivity index (χ0n) is 27.5. The molecule has 0 N–H and O–H groups in total. The van der Waals surface area contributed by atoms with Crippen molar-refractivity contribution in [3.05, 3.63) is 71.8 Å². The number of morpholine rings is 1. The minimum Gasteiger partial charge on any atom is -0.465 e. The third kappa shape index (κ3) is 15.0. The lowest BCUT2D eigenvalue weighted by atomic mass is 9.97. The fourth-order valence-electron chi connectivity index (χ4n) is 4.32. The number of carbonyl (C=O) groups excluding carboxylic acids is 6. The van der Waals surface area contributed by atoms with Gasteiger partial charge in [-0.2, -0.15) is 0 Å². The van der Waals surface area contributed by atoms with Crippen molar-refractivity contribution >= 4 is 57.8 Å². The van der Waals surface area contributed by atoms with E-state index in [-0.39, 0.29) is 29.9 Å². The zero-order chi connectivity index (χ0) is 35.5. The second-order valence-electron chi connectivity index (χ2n) is 11.2. The van der Waals surface area contributed by atoms with Gasteiger partial charge >= 0.3 is 28.5 Å². The summed E-state index contributed by atoms with van der Waals surface area (Å²) < 4.78 is 29.4. The number of unbranched alkanes of at least 4 members (excludes halogenated alkanes) is 1. The molecule has 0 aromatic heterocycles. The Labute approximate surface area is 293 Å². The number of benzene rings is 2. The molecule has 0 radical (unpaired) electrons. The van der Waals surface area contributed by atoms with Crippen LogP contribution in [0.5, 0.6) is 0 Å². The maximum atomic E-state index is 13.3. The van der Waals surface area contributed by atoms with Gasteiger partial charge in [0.1, 0.15) is 5.78 Å². The third-order valence-electron chi connectivity index (χ3n) is 7.15. The van der Waals surface area contributed by atoms with Gasteiger partial charge in [-0.15, -0.1) is 0 Å². The van der Waals surface area contributed by atoms with E-state index in [1.54, 1.807) is 60.7 Å². The first kappa shape index (κ1) is 39.5. The number of Topliss-reactive ketones (excluding diaryl/α,β-unsaturated/α-hetero) is 1. The Morgan fingerprint density at radius 1 is 0.755 bits per heavy atom. The molecule has 0 bridgehead atoms. The normalized spacial score (nSPS) is 13.8. The number of ether oxygens (including phenoxy) is 6. The van der Waals surface area contributed by atoms with Crippen LogP contribution in [0.25, 0.3) is 0 Å². The molecule has 0 spiro atoms. The molecule has 3 rings (SSSR count). The van der Waals surface area contributed by atoms with Crippen LogP contribution in [0.4, 0.5) is 9.59 Å². The predicted molar refractivity (Wildman–Crippen MR) is 181 cm³/mol. The Bertz CT molecular complexity index is 1380. The van der Waals surface area contributed by atoms with Crippen molar-refractivity contribution in [2.45, 2.75) is 37.9 Å². The van der Waals surface area contributed by atoms with E-state index in [4.69, 9.17) is 28.4 Å². The fraction of sp³-hybridized carbons (Fsp3) is 0.471. The summed E-state index contributed by atoms with van der Waals surface area (Å²) in [7, 11) is 0. The van der Waals surface area contributed by atoms with Gasteiger partial charge in [0.25, 0.3) is 0 Å². The molecule has 2 aromatic rings. The highest BCUT2D eigenvalue weighted by Crippen LogP contribution is 2.31.